The lowest BCUT2D eigenvalue weighted by atomic mass is 9.87. The summed E-state index contributed by atoms with van der Waals surface area (Å²) in [5.41, 5.74) is 2.85. The molecule has 1 aromatic rings. The van der Waals surface area contributed by atoms with Crippen LogP contribution in [0.5, 0.6) is 0 Å². The standard InChI is InChI=1S/C34H50O4/c35-31(18-11-17-26-12-6-7-13-26)34-30-23-28(16-5-2-9-20-36-25-27-14-3-1-4-15-27)22-29(30)24-32(34)38-33-19-8-10-21-37-33/h1,3-4,14-15,18,22,26,29-30,32-35H,2,5-13,16-17,19-21,23-25H2/t29-,30-,32+,33?,34-/m1/s1. The largest absolute Gasteiger partial charge is 0.512 e. The van der Waals surface area contributed by atoms with Crippen LogP contribution in [-0.4, -0.2) is 30.7 Å². The molecular weight excluding hydrogens is 472 g/mol. The van der Waals surface area contributed by atoms with Crippen molar-refractivity contribution in [3.8, 4) is 0 Å². The van der Waals surface area contributed by atoms with Gasteiger partial charge in [-0.1, -0.05) is 74.1 Å². The van der Waals surface area contributed by atoms with Crippen LogP contribution in [0.25, 0.3) is 0 Å². The first-order valence-corrected chi connectivity index (χ1v) is 15.7. The number of hydrogen-bond acceptors (Lipinski definition) is 4. The van der Waals surface area contributed by atoms with Crippen LogP contribution in [0.2, 0.25) is 0 Å². The topological polar surface area (TPSA) is 47.9 Å². The van der Waals surface area contributed by atoms with Crippen LogP contribution in [0.4, 0.5) is 0 Å². The zero-order valence-corrected chi connectivity index (χ0v) is 23.4. The Balaban J connectivity index is 1.08. The fourth-order valence-corrected chi connectivity index (χ4v) is 7.42. The van der Waals surface area contributed by atoms with Gasteiger partial charge in [0, 0.05) is 19.1 Å². The fourth-order valence-electron chi connectivity index (χ4n) is 7.42. The van der Waals surface area contributed by atoms with E-state index in [9.17, 15) is 5.11 Å². The van der Waals surface area contributed by atoms with Crippen LogP contribution in [0.3, 0.4) is 0 Å². The van der Waals surface area contributed by atoms with Crippen LogP contribution < -0.4 is 0 Å². The van der Waals surface area contributed by atoms with Gasteiger partial charge in [0.1, 0.15) is 0 Å². The van der Waals surface area contributed by atoms with Gasteiger partial charge in [0.05, 0.1) is 18.5 Å². The Hall–Kier alpha value is -1.62. The molecule has 0 radical (unpaired) electrons. The van der Waals surface area contributed by atoms with Crippen molar-refractivity contribution >= 4 is 0 Å². The highest BCUT2D eigenvalue weighted by molar-refractivity contribution is 5.22. The van der Waals surface area contributed by atoms with Gasteiger partial charge < -0.3 is 19.3 Å². The van der Waals surface area contributed by atoms with E-state index in [0.29, 0.717) is 24.2 Å². The molecule has 1 unspecified atom stereocenters. The highest BCUT2D eigenvalue weighted by Gasteiger charge is 2.48. The second-order valence-electron chi connectivity index (χ2n) is 12.3. The van der Waals surface area contributed by atoms with Gasteiger partial charge in [-0.05, 0) is 93.6 Å². The van der Waals surface area contributed by atoms with Gasteiger partial charge in [-0.2, -0.15) is 0 Å². The number of fused-ring (bicyclic) bond motifs is 1. The van der Waals surface area contributed by atoms with Crippen LogP contribution >= 0.6 is 0 Å². The van der Waals surface area contributed by atoms with E-state index in [1.54, 1.807) is 5.57 Å². The highest BCUT2D eigenvalue weighted by Crippen LogP contribution is 2.51. The molecule has 1 aliphatic heterocycles. The third-order valence-corrected chi connectivity index (χ3v) is 9.47. The van der Waals surface area contributed by atoms with E-state index in [-0.39, 0.29) is 18.3 Å². The summed E-state index contributed by atoms with van der Waals surface area (Å²) < 4.78 is 18.3. The van der Waals surface area contributed by atoms with E-state index in [1.165, 1.54) is 63.4 Å². The Kier molecular flexibility index (Phi) is 10.8. The molecule has 1 heterocycles. The predicted molar refractivity (Wildman–Crippen MR) is 153 cm³/mol. The minimum atomic E-state index is -0.0890. The molecule has 3 aliphatic carbocycles. The summed E-state index contributed by atoms with van der Waals surface area (Å²) in [4.78, 5) is 0. The normalized spacial score (nSPS) is 30.1. The molecule has 5 rings (SSSR count). The van der Waals surface area contributed by atoms with Crippen LogP contribution in [0, 0.1) is 23.7 Å². The molecule has 5 atom stereocenters. The molecule has 0 spiro atoms. The Morgan fingerprint density at radius 2 is 1.84 bits per heavy atom. The summed E-state index contributed by atoms with van der Waals surface area (Å²) >= 11 is 0. The number of unbranched alkanes of at least 4 members (excludes halogenated alkanes) is 2. The van der Waals surface area contributed by atoms with E-state index in [2.05, 4.69) is 36.4 Å². The Labute approximate surface area is 230 Å². The summed E-state index contributed by atoms with van der Waals surface area (Å²) in [6, 6.07) is 10.4. The Morgan fingerprint density at radius 1 is 1.00 bits per heavy atom. The molecule has 210 valence electrons. The van der Waals surface area contributed by atoms with Gasteiger partial charge in [-0.3, -0.25) is 0 Å². The fraction of sp³-hybridized carbons (Fsp3) is 0.706. The molecule has 4 aliphatic rings. The first-order chi connectivity index (χ1) is 18.8. The molecule has 4 heteroatoms. The number of hydrogen-bond donors (Lipinski definition) is 1. The molecule has 2 saturated carbocycles. The number of benzene rings is 1. The van der Waals surface area contributed by atoms with E-state index in [1.807, 2.05) is 6.07 Å². The summed E-state index contributed by atoms with van der Waals surface area (Å²) in [6.07, 6.45) is 22.6. The molecule has 0 bridgehead atoms. The first kappa shape index (κ1) is 27.9. The van der Waals surface area contributed by atoms with Gasteiger partial charge in [0.25, 0.3) is 0 Å². The van der Waals surface area contributed by atoms with Gasteiger partial charge in [-0.15, -0.1) is 0 Å². The third-order valence-electron chi connectivity index (χ3n) is 9.47. The van der Waals surface area contributed by atoms with Crippen LogP contribution in [-0.2, 0) is 20.8 Å². The molecule has 1 aromatic carbocycles. The second kappa shape index (κ2) is 14.7. The number of aliphatic hydroxyl groups is 1. The SMILES string of the molecule is OC(=CCCC1CCCC1)[C@H]1[C@@H]2CC(CCCCCOCc3ccccc3)=C[C@@H]2C[C@@H]1OC1CCCCO1. The first-order valence-electron chi connectivity index (χ1n) is 15.7. The smallest absolute Gasteiger partial charge is 0.157 e. The van der Waals surface area contributed by atoms with Crippen LogP contribution in [0.1, 0.15) is 102 Å². The molecule has 1 N–H and O–H groups in total. The lowest BCUT2D eigenvalue weighted by Crippen LogP contribution is -2.32. The van der Waals surface area contributed by atoms with Crippen molar-refractivity contribution < 1.29 is 19.3 Å². The average molecular weight is 523 g/mol. The number of rotatable bonds is 14. The van der Waals surface area contributed by atoms with E-state index in [0.717, 1.165) is 57.7 Å². The van der Waals surface area contributed by atoms with Gasteiger partial charge in [0.15, 0.2) is 6.29 Å². The summed E-state index contributed by atoms with van der Waals surface area (Å²) in [5, 5.41) is 11.3. The molecule has 0 aromatic heterocycles. The summed E-state index contributed by atoms with van der Waals surface area (Å²) in [7, 11) is 0. The third kappa shape index (κ3) is 7.96. The van der Waals surface area contributed by atoms with Crippen LogP contribution in [0.15, 0.2) is 53.8 Å². The molecule has 0 amide bonds. The molecular formula is C34H50O4. The number of aliphatic hydroxyl groups excluding tert-OH is 1. The number of ether oxygens (including phenoxy) is 3. The van der Waals surface area contributed by atoms with Crippen molar-refractivity contribution in [2.75, 3.05) is 13.2 Å². The zero-order chi connectivity index (χ0) is 26.0. The van der Waals surface area contributed by atoms with Gasteiger partial charge >= 0.3 is 0 Å². The minimum Gasteiger partial charge on any atom is -0.512 e. The maximum Gasteiger partial charge on any atom is 0.157 e. The Bertz CT molecular complexity index is 881. The van der Waals surface area contributed by atoms with Gasteiger partial charge in [0.2, 0.25) is 0 Å². The second-order valence-corrected chi connectivity index (χ2v) is 12.3. The van der Waals surface area contributed by atoms with Crippen molar-refractivity contribution in [2.45, 2.75) is 115 Å². The molecule has 3 fully saturated rings. The monoisotopic (exact) mass is 522 g/mol. The summed E-state index contributed by atoms with van der Waals surface area (Å²) in [6.45, 7) is 2.35. The van der Waals surface area contributed by atoms with Crippen molar-refractivity contribution in [3.05, 3.63) is 59.4 Å². The molecule has 38 heavy (non-hydrogen) atoms. The predicted octanol–water partition coefficient (Wildman–Crippen LogP) is 8.67. The van der Waals surface area contributed by atoms with E-state index >= 15 is 0 Å². The lowest BCUT2D eigenvalue weighted by molar-refractivity contribution is -0.195. The van der Waals surface area contributed by atoms with E-state index < -0.39 is 0 Å². The maximum absolute atomic E-state index is 11.3. The minimum absolute atomic E-state index is 0.0791. The van der Waals surface area contributed by atoms with Crippen molar-refractivity contribution in [2.24, 2.45) is 23.7 Å². The molecule has 1 saturated heterocycles. The van der Waals surface area contributed by atoms with Crippen molar-refractivity contribution in [1.82, 2.24) is 0 Å². The van der Waals surface area contributed by atoms with Crippen molar-refractivity contribution in [3.63, 3.8) is 0 Å². The van der Waals surface area contributed by atoms with E-state index in [4.69, 9.17) is 14.2 Å². The maximum atomic E-state index is 11.3. The average Bonchev–Trinajstić information content (AvgIpc) is 3.66. The Morgan fingerprint density at radius 3 is 2.66 bits per heavy atom. The van der Waals surface area contributed by atoms with Gasteiger partial charge in [-0.25, -0.2) is 0 Å². The highest BCUT2D eigenvalue weighted by atomic mass is 16.7. The lowest BCUT2D eigenvalue weighted by Gasteiger charge is -2.30. The van der Waals surface area contributed by atoms with Crippen molar-refractivity contribution in [1.29, 1.82) is 0 Å². The molecule has 4 nitrogen and oxygen atoms in total. The quantitative estimate of drug-likeness (QED) is 0.151. The number of allylic oxidation sites excluding steroid dienone is 3. The summed E-state index contributed by atoms with van der Waals surface area (Å²) in [5.74, 6) is 2.59. The zero-order valence-electron chi connectivity index (χ0n) is 23.4.